The van der Waals surface area contributed by atoms with E-state index in [1.807, 2.05) is 6.92 Å². The lowest BCUT2D eigenvalue weighted by Gasteiger charge is -2.16. The van der Waals surface area contributed by atoms with E-state index in [1.54, 1.807) is 0 Å². The van der Waals surface area contributed by atoms with Gasteiger partial charge in [0, 0.05) is 11.6 Å². The third-order valence-electron chi connectivity index (χ3n) is 2.33. The smallest absolute Gasteiger partial charge is 0.457 e. The van der Waals surface area contributed by atoms with Gasteiger partial charge in [-0.15, -0.1) is 0 Å². The van der Waals surface area contributed by atoms with Crippen molar-refractivity contribution < 1.29 is 31.5 Å². The number of alkyl halides is 5. The van der Waals surface area contributed by atoms with Gasteiger partial charge in [-0.2, -0.15) is 22.0 Å². The molecule has 19 heavy (non-hydrogen) atoms. The Kier molecular flexibility index (Phi) is 7.00. The molecule has 112 valence electrons. The quantitative estimate of drug-likeness (QED) is 0.303. The van der Waals surface area contributed by atoms with Crippen LogP contribution in [0.3, 0.4) is 0 Å². The Morgan fingerprint density at radius 2 is 1.68 bits per heavy atom. The molecular weight excluding hydrogens is 271 g/mol. The number of rotatable bonds is 7. The minimum atomic E-state index is -5.71. The van der Waals surface area contributed by atoms with Crippen LogP contribution in [0.1, 0.15) is 39.5 Å². The average molecular weight is 288 g/mol. The molecule has 0 radical (unpaired) electrons. The lowest BCUT2D eigenvalue weighted by atomic mass is 10.2. The fourth-order valence-electron chi connectivity index (χ4n) is 1.22. The van der Waals surface area contributed by atoms with Crippen molar-refractivity contribution in [2.75, 3.05) is 6.61 Å². The lowest BCUT2D eigenvalue weighted by Crippen LogP contribution is -2.35. The van der Waals surface area contributed by atoms with Crippen molar-refractivity contribution in [2.24, 2.45) is 0 Å². The van der Waals surface area contributed by atoms with Crippen LogP contribution in [0.25, 0.3) is 0 Å². The molecule has 0 aliphatic rings. The number of hydrogen-bond acceptors (Lipinski definition) is 2. The van der Waals surface area contributed by atoms with Crippen LogP contribution < -0.4 is 0 Å². The first-order valence-electron chi connectivity index (χ1n) is 5.93. The Hall–Kier alpha value is -1.14. The zero-order valence-electron chi connectivity index (χ0n) is 10.8. The summed E-state index contributed by atoms with van der Waals surface area (Å²) in [7, 11) is 0. The SMILES string of the molecule is CCCCCCOC(=O)C(C)=CC(F)(F)C(F)(F)F. The van der Waals surface area contributed by atoms with Crippen molar-refractivity contribution >= 4 is 5.97 Å². The number of carbonyl (C=O) groups is 1. The number of carbonyl (C=O) groups excluding carboxylic acids is 1. The predicted molar refractivity (Wildman–Crippen MR) is 59.9 cm³/mol. The third kappa shape index (κ3) is 6.54. The highest BCUT2D eigenvalue weighted by atomic mass is 19.4. The van der Waals surface area contributed by atoms with Crippen LogP contribution in [0.2, 0.25) is 0 Å². The maximum atomic E-state index is 12.6. The van der Waals surface area contributed by atoms with Crippen molar-refractivity contribution in [1.29, 1.82) is 0 Å². The van der Waals surface area contributed by atoms with Crippen molar-refractivity contribution in [3.63, 3.8) is 0 Å². The number of unbranched alkanes of at least 4 members (excludes halogenated alkanes) is 3. The number of allylic oxidation sites excluding steroid dienone is 1. The largest absolute Gasteiger partial charge is 0.462 e. The Bertz CT molecular complexity index is 321. The molecule has 7 heteroatoms. The number of hydrogen-bond donors (Lipinski definition) is 0. The molecule has 0 saturated carbocycles. The fraction of sp³-hybridized carbons (Fsp3) is 0.750. The molecule has 0 heterocycles. The molecule has 0 aliphatic carbocycles. The standard InChI is InChI=1S/C12H17F5O2/c1-3-4-5-6-7-19-10(18)9(2)8-11(13,14)12(15,16)17/h8H,3-7H2,1-2H3. The summed E-state index contributed by atoms with van der Waals surface area (Å²) in [5.41, 5.74) is -0.752. The van der Waals surface area contributed by atoms with E-state index >= 15 is 0 Å². The third-order valence-corrected chi connectivity index (χ3v) is 2.33. The number of esters is 1. The monoisotopic (exact) mass is 288 g/mol. The van der Waals surface area contributed by atoms with E-state index in [0.29, 0.717) is 6.42 Å². The van der Waals surface area contributed by atoms with Crippen LogP contribution in [0, 0.1) is 0 Å². The molecule has 0 unspecified atom stereocenters. The zero-order valence-corrected chi connectivity index (χ0v) is 10.8. The predicted octanol–water partition coefficient (Wildman–Crippen LogP) is 4.25. The molecular formula is C12H17F5O2. The van der Waals surface area contributed by atoms with Crippen molar-refractivity contribution in [1.82, 2.24) is 0 Å². The minimum Gasteiger partial charge on any atom is -0.462 e. The van der Waals surface area contributed by atoms with Gasteiger partial charge in [-0.05, 0) is 13.3 Å². The second-order valence-electron chi connectivity index (χ2n) is 4.14. The van der Waals surface area contributed by atoms with Crippen LogP contribution in [0.5, 0.6) is 0 Å². The molecule has 0 aliphatic heterocycles. The van der Waals surface area contributed by atoms with Gasteiger partial charge < -0.3 is 4.74 Å². The lowest BCUT2D eigenvalue weighted by molar-refractivity contribution is -0.259. The Morgan fingerprint density at radius 3 is 2.16 bits per heavy atom. The van der Waals surface area contributed by atoms with Gasteiger partial charge in [0.25, 0.3) is 0 Å². The molecule has 0 aromatic heterocycles. The van der Waals surface area contributed by atoms with E-state index in [1.165, 1.54) is 0 Å². The molecule has 0 N–H and O–H groups in total. The van der Waals surface area contributed by atoms with Gasteiger partial charge in [-0.1, -0.05) is 26.2 Å². The maximum absolute atomic E-state index is 12.6. The first kappa shape index (κ1) is 17.9. The van der Waals surface area contributed by atoms with Gasteiger partial charge in [0.05, 0.1) is 6.61 Å². The van der Waals surface area contributed by atoms with Crippen LogP contribution >= 0.6 is 0 Å². The molecule has 0 rings (SSSR count). The van der Waals surface area contributed by atoms with E-state index in [4.69, 9.17) is 0 Å². The molecule has 0 amide bonds. The van der Waals surface area contributed by atoms with Crippen LogP contribution in [-0.2, 0) is 9.53 Å². The summed E-state index contributed by atoms with van der Waals surface area (Å²) < 4.78 is 65.5. The second kappa shape index (κ2) is 7.45. The van der Waals surface area contributed by atoms with E-state index in [9.17, 15) is 26.7 Å². The summed E-state index contributed by atoms with van der Waals surface area (Å²) in [4.78, 5) is 11.2. The highest BCUT2D eigenvalue weighted by molar-refractivity contribution is 5.87. The van der Waals surface area contributed by atoms with Crippen molar-refractivity contribution in [3.8, 4) is 0 Å². The summed E-state index contributed by atoms with van der Waals surface area (Å²) in [6.45, 7) is 2.87. The molecule has 0 fully saturated rings. The molecule has 0 aromatic carbocycles. The van der Waals surface area contributed by atoms with Gasteiger partial charge in [0.15, 0.2) is 0 Å². The molecule has 0 bridgehead atoms. The number of halogens is 5. The van der Waals surface area contributed by atoms with Gasteiger partial charge in [-0.3, -0.25) is 0 Å². The summed E-state index contributed by atoms with van der Waals surface area (Å²) in [6.07, 6.45) is -2.84. The molecule has 0 atom stereocenters. The second-order valence-corrected chi connectivity index (χ2v) is 4.14. The first-order valence-corrected chi connectivity index (χ1v) is 5.93. The molecule has 2 nitrogen and oxygen atoms in total. The molecule has 0 spiro atoms. The Labute approximate surface area is 108 Å². The highest BCUT2D eigenvalue weighted by Crippen LogP contribution is 2.37. The topological polar surface area (TPSA) is 26.3 Å². The average Bonchev–Trinajstić information content (AvgIpc) is 2.26. The van der Waals surface area contributed by atoms with Gasteiger partial charge in [0.1, 0.15) is 0 Å². The van der Waals surface area contributed by atoms with Crippen LogP contribution in [0.15, 0.2) is 11.6 Å². The fourth-order valence-corrected chi connectivity index (χ4v) is 1.22. The van der Waals surface area contributed by atoms with Gasteiger partial charge in [0.2, 0.25) is 0 Å². The van der Waals surface area contributed by atoms with Gasteiger partial charge in [-0.25, -0.2) is 4.79 Å². The summed E-state index contributed by atoms with van der Waals surface area (Å²) in [5.74, 6) is -6.18. The van der Waals surface area contributed by atoms with Crippen molar-refractivity contribution in [3.05, 3.63) is 11.6 Å². The summed E-state index contributed by atoms with van der Waals surface area (Å²) in [6, 6.07) is 0. The molecule has 0 saturated heterocycles. The van der Waals surface area contributed by atoms with Crippen LogP contribution in [-0.4, -0.2) is 24.7 Å². The zero-order chi connectivity index (χ0) is 15.1. The van der Waals surface area contributed by atoms with Crippen molar-refractivity contribution in [2.45, 2.75) is 51.6 Å². The van der Waals surface area contributed by atoms with E-state index in [2.05, 4.69) is 4.74 Å². The normalized spacial score (nSPS) is 13.5. The summed E-state index contributed by atoms with van der Waals surface area (Å²) >= 11 is 0. The Balaban J connectivity index is 4.33. The van der Waals surface area contributed by atoms with E-state index in [-0.39, 0.29) is 6.61 Å². The van der Waals surface area contributed by atoms with E-state index < -0.39 is 29.7 Å². The summed E-state index contributed by atoms with van der Waals surface area (Å²) in [5, 5.41) is 0. The highest BCUT2D eigenvalue weighted by Gasteiger charge is 2.56. The van der Waals surface area contributed by atoms with E-state index in [0.717, 1.165) is 26.2 Å². The maximum Gasteiger partial charge on any atom is 0.457 e. The molecule has 0 aromatic rings. The first-order chi connectivity index (χ1) is 8.62. The minimum absolute atomic E-state index is 0.0155. The number of ether oxygens (including phenoxy) is 1. The van der Waals surface area contributed by atoms with Gasteiger partial charge >= 0.3 is 18.1 Å². The van der Waals surface area contributed by atoms with Crippen LogP contribution in [0.4, 0.5) is 22.0 Å². The Morgan fingerprint density at radius 1 is 1.11 bits per heavy atom.